The summed E-state index contributed by atoms with van der Waals surface area (Å²) < 4.78 is 29.3. The van der Waals surface area contributed by atoms with Crippen LogP contribution in [0.3, 0.4) is 0 Å². The summed E-state index contributed by atoms with van der Waals surface area (Å²) in [6.07, 6.45) is 9.64. The lowest BCUT2D eigenvalue weighted by atomic mass is 10.0. The second-order valence-corrected chi connectivity index (χ2v) is 8.43. The van der Waals surface area contributed by atoms with Gasteiger partial charge in [0, 0.05) is 60.8 Å². The predicted molar refractivity (Wildman–Crippen MR) is 121 cm³/mol. The van der Waals surface area contributed by atoms with Gasteiger partial charge in [-0.25, -0.2) is 14.4 Å². The van der Waals surface area contributed by atoms with Crippen molar-refractivity contribution in [1.82, 2.24) is 24.1 Å². The van der Waals surface area contributed by atoms with E-state index in [4.69, 9.17) is 9.47 Å². The first-order valence-electron chi connectivity index (χ1n) is 11.3. The van der Waals surface area contributed by atoms with Gasteiger partial charge in [0.2, 0.25) is 5.95 Å². The Morgan fingerprint density at radius 1 is 1.18 bits per heavy atom. The van der Waals surface area contributed by atoms with Gasteiger partial charge >= 0.3 is 0 Å². The molecule has 5 heterocycles. The molecule has 10 heteroatoms. The molecule has 0 saturated carbocycles. The molecule has 0 atom stereocenters. The van der Waals surface area contributed by atoms with Crippen LogP contribution in [0.2, 0.25) is 0 Å². The lowest BCUT2D eigenvalue weighted by molar-refractivity contribution is 0.0662. The Morgan fingerprint density at radius 2 is 2.06 bits per heavy atom. The number of aromatic nitrogens is 5. The Morgan fingerprint density at radius 3 is 2.91 bits per heavy atom. The summed E-state index contributed by atoms with van der Waals surface area (Å²) in [5, 5.41) is 17.2. The molecule has 0 bridgehead atoms. The number of nitrogens with zero attached hydrogens (tertiary/aromatic N) is 6. The Labute approximate surface area is 194 Å². The summed E-state index contributed by atoms with van der Waals surface area (Å²) in [6, 6.07) is 5.49. The molecular formula is C24H22FN7O2. The van der Waals surface area contributed by atoms with E-state index in [0.717, 1.165) is 48.5 Å². The average molecular weight is 459 g/mol. The number of nitrogens with one attached hydrogen (secondary N) is 1. The topological polar surface area (TPSA) is 102 Å². The first-order valence-corrected chi connectivity index (χ1v) is 11.3. The van der Waals surface area contributed by atoms with Crippen molar-refractivity contribution in [3.63, 3.8) is 0 Å². The number of anilines is 1. The van der Waals surface area contributed by atoms with Crippen LogP contribution in [0.25, 0.3) is 16.8 Å². The number of halogens is 1. The molecule has 2 aliphatic rings. The van der Waals surface area contributed by atoms with Crippen LogP contribution in [0.15, 0.2) is 36.9 Å². The summed E-state index contributed by atoms with van der Waals surface area (Å²) >= 11 is 0. The SMILES string of the molecule is N#Cc1cn2c(NCc3c(F)ccc4c3CCO4)ncc(-c3cnn(C4CCOCC4)c3)c2n1. The largest absolute Gasteiger partial charge is 0.493 e. The maximum absolute atomic E-state index is 14.6. The molecule has 0 radical (unpaired) electrons. The lowest BCUT2D eigenvalue weighted by Crippen LogP contribution is -2.19. The zero-order chi connectivity index (χ0) is 23.1. The van der Waals surface area contributed by atoms with Crippen LogP contribution in [0.1, 0.15) is 35.7 Å². The maximum Gasteiger partial charge on any atom is 0.208 e. The summed E-state index contributed by atoms with van der Waals surface area (Å²) in [6.45, 7) is 2.25. The third-order valence-electron chi connectivity index (χ3n) is 6.45. The van der Waals surface area contributed by atoms with Crippen LogP contribution < -0.4 is 10.1 Å². The molecule has 1 saturated heterocycles. The molecule has 0 unspecified atom stereocenters. The zero-order valence-electron chi connectivity index (χ0n) is 18.4. The van der Waals surface area contributed by atoms with E-state index < -0.39 is 0 Å². The first-order chi connectivity index (χ1) is 16.7. The Bertz CT molecular complexity index is 1410. The Hall–Kier alpha value is -3.97. The molecule has 1 fully saturated rings. The smallest absolute Gasteiger partial charge is 0.208 e. The van der Waals surface area contributed by atoms with Gasteiger partial charge in [-0.15, -0.1) is 0 Å². The Kier molecular flexibility index (Phi) is 5.11. The summed E-state index contributed by atoms with van der Waals surface area (Å²) in [7, 11) is 0. The van der Waals surface area contributed by atoms with Gasteiger partial charge in [0.15, 0.2) is 11.3 Å². The fourth-order valence-electron chi connectivity index (χ4n) is 4.67. The minimum atomic E-state index is -0.284. The highest BCUT2D eigenvalue weighted by molar-refractivity contribution is 5.77. The van der Waals surface area contributed by atoms with E-state index in [1.54, 1.807) is 29.1 Å². The van der Waals surface area contributed by atoms with Crippen molar-refractivity contribution in [2.24, 2.45) is 0 Å². The third-order valence-corrected chi connectivity index (χ3v) is 6.45. The average Bonchev–Trinajstić information content (AvgIpc) is 3.63. The van der Waals surface area contributed by atoms with Crippen molar-refractivity contribution in [2.45, 2.75) is 31.8 Å². The molecule has 2 aliphatic heterocycles. The molecule has 0 aliphatic carbocycles. The van der Waals surface area contributed by atoms with E-state index in [2.05, 4.69) is 26.5 Å². The lowest BCUT2D eigenvalue weighted by Gasteiger charge is -2.22. The van der Waals surface area contributed by atoms with Crippen molar-refractivity contribution in [3.05, 3.63) is 59.6 Å². The van der Waals surface area contributed by atoms with Crippen molar-refractivity contribution in [1.29, 1.82) is 5.26 Å². The fourth-order valence-corrected chi connectivity index (χ4v) is 4.67. The standard InChI is InChI=1S/C24H22FN7O2/c25-21-1-2-22-18(5-8-34-22)20(21)12-28-24-27-11-19(23-30-16(9-26)14-31(23)24)15-10-29-32(13-15)17-3-6-33-7-4-17/h1-2,10-11,13-14,17H,3-8,12H2,(H,27,28). The van der Waals surface area contributed by atoms with Gasteiger partial charge in [0.1, 0.15) is 17.6 Å². The second-order valence-electron chi connectivity index (χ2n) is 8.43. The number of benzene rings is 1. The maximum atomic E-state index is 14.6. The molecule has 0 spiro atoms. The van der Waals surface area contributed by atoms with E-state index >= 15 is 0 Å². The van der Waals surface area contributed by atoms with E-state index in [0.29, 0.717) is 36.2 Å². The van der Waals surface area contributed by atoms with Gasteiger partial charge in [0.05, 0.1) is 25.0 Å². The van der Waals surface area contributed by atoms with Gasteiger partial charge in [-0.1, -0.05) is 0 Å². The molecule has 6 rings (SSSR count). The number of fused-ring (bicyclic) bond motifs is 2. The summed E-state index contributed by atoms with van der Waals surface area (Å²) in [4.78, 5) is 9.07. The van der Waals surface area contributed by atoms with Crippen LogP contribution >= 0.6 is 0 Å². The number of hydrogen-bond acceptors (Lipinski definition) is 7. The van der Waals surface area contributed by atoms with E-state index in [1.165, 1.54) is 6.07 Å². The summed E-state index contributed by atoms with van der Waals surface area (Å²) in [5.74, 6) is 0.913. The van der Waals surface area contributed by atoms with Gasteiger partial charge in [-0.3, -0.25) is 9.08 Å². The van der Waals surface area contributed by atoms with Crippen LogP contribution in [0.5, 0.6) is 5.75 Å². The van der Waals surface area contributed by atoms with Crippen LogP contribution in [0, 0.1) is 17.1 Å². The molecule has 4 aromatic rings. The molecule has 1 aromatic carbocycles. The van der Waals surface area contributed by atoms with Crippen LogP contribution in [-0.2, 0) is 17.7 Å². The van der Waals surface area contributed by atoms with Gasteiger partial charge in [0.25, 0.3) is 0 Å². The number of rotatable bonds is 5. The van der Waals surface area contributed by atoms with Gasteiger partial charge in [-0.05, 0) is 25.0 Å². The molecule has 34 heavy (non-hydrogen) atoms. The number of ether oxygens (including phenoxy) is 2. The molecule has 0 amide bonds. The fraction of sp³-hybridized carbons (Fsp3) is 0.333. The van der Waals surface area contributed by atoms with Gasteiger partial charge < -0.3 is 14.8 Å². The van der Waals surface area contributed by atoms with Crippen molar-refractivity contribution < 1.29 is 13.9 Å². The highest BCUT2D eigenvalue weighted by atomic mass is 19.1. The molecule has 172 valence electrons. The minimum Gasteiger partial charge on any atom is -0.493 e. The number of imidazole rings is 1. The van der Waals surface area contributed by atoms with E-state index in [9.17, 15) is 9.65 Å². The van der Waals surface area contributed by atoms with Crippen molar-refractivity contribution in [2.75, 3.05) is 25.1 Å². The molecule has 1 N–H and O–H groups in total. The van der Waals surface area contributed by atoms with Crippen molar-refractivity contribution in [3.8, 4) is 22.9 Å². The zero-order valence-corrected chi connectivity index (χ0v) is 18.4. The normalized spacial score (nSPS) is 15.8. The monoisotopic (exact) mass is 459 g/mol. The highest BCUT2D eigenvalue weighted by Gasteiger charge is 2.21. The number of nitriles is 1. The molecular weight excluding hydrogens is 437 g/mol. The third kappa shape index (κ3) is 3.54. The quantitative estimate of drug-likeness (QED) is 0.487. The summed E-state index contributed by atoms with van der Waals surface area (Å²) in [5.41, 5.74) is 3.94. The van der Waals surface area contributed by atoms with Crippen LogP contribution in [-0.4, -0.2) is 44.0 Å². The predicted octanol–water partition coefficient (Wildman–Crippen LogP) is 3.50. The van der Waals surface area contributed by atoms with E-state index in [1.807, 2.05) is 10.9 Å². The first kappa shape index (κ1) is 20.6. The van der Waals surface area contributed by atoms with Crippen molar-refractivity contribution >= 4 is 11.6 Å². The molecule has 9 nitrogen and oxygen atoms in total. The molecule has 3 aromatic heterocycles. The second kappa shape index (κ2) is 8.43. The highest BCUT2D eigenvalue weighted by Crippen LogP contribution is 2.31. The minimum absolute atomic E-state index is 0.238. The Balaban J connectivity index is 1.33. The van der Waals surface area contributed by atoms with Crippen LogP contribution in [0.4, 0.5) is 10.3 Å². The number of hydrogen-bond donors (Lipinski definition) is 1. The van der Waals surface area contributed by atoms with Gasteiger partial charge in [-0.2, -0.15) is 10.4 Å². The van der Waals surface area contributed by atoms with E-state index in [-0.39, 0.29) is 18.1 Å².